The first kappa shape index (κ1) is 37.2. The SMILES string of the molecule is CC1(C)CC[C@]2(C(=O)OCCO)CC[C@]3(C)C(=CCC4[C@@]5(C)CC[C@H]([C@H](O)[C@@H]6OC(OC=O)[C@@H](O)[C@H](O)C6O)C(C)(C)C5CC[C@]43C)C2C1. The lowest BCUT2D eigenvalue weighted by molar-refractivity contribution is -0.308. The largest absolute Gasteiger partial charge is 0.463 e. The molecule has 5 N–H and O–H groups in total. The van der Waals surface area contributed by atoms with Crippen LogP contribution in [-0.4, -0.2) is 88.0 Å². The van der Waals surface area contributed by atoms with Crippen molar-refractivity contribution in [2.24, 2.45) is 56.2 Å². The van der Waals surface area contributed by atoms with Gasteiger partial charge in [-0.1, -0.05) is 60.1 Å². The Morgan fingerprint density at radius 1 is 0.939 bits per heavy atom. The molecular weight excluding hydrogens is 628 g/mol. The molecule has 6 rings (SSSR count). The highest BCUT2D eigenvalue weighted by molar-refractivity contribution is 5.78. The number of rotatable bonds is 7. The van der Waals surface area contributed by atoms with E-state index in [1.165, 1.54) is 5.57 Å². The van der Waals surface area contributed by atoms with Crippen LogP contribution in [0.3, 0.4) is 0 Å². The van der Waals surface area contributed by atoms with Crippen molar-refractivity contribution >= 4 is 12.4 Å². The Balaban J connectivity index is 1.30. The van der Waals surface area contributed by atoms with Crippen molar-refractivity contribution in [3.8, 4) is 0 Å². The van der Waals surface area contributed by atoms with Crippen molar-refractivity contribution in [2.45, 2.75) is 149 Å². The summed E-state index contributed by atoms with van der Waals surface area (Å²) in [5.41, 5.74) is 0.592. The van der Waals surface area contributed by atoms with Crippen LogP contribution in [0, 0.1) is 56.2 Å². The molecule has 1 saturated heterocycles. The van der Waals surface area contributed by atoms with E-state index in [0.717, 1.165) is 57.8 Å². The van der Waals surface area contributed by atoms with E-state index < -0.39 is 42.2 Å². The molecule has 0 aromatic rings. The number of carbonyl (C=O) groups is 2. The van der Waals surface area contributed by atoms with Gasteiger partial charge in [0.2, 0.25) is 6.29 Å². The number of carbonyl (C=O) groups excluding carboxylic acids is 2. The first-order valence-electron chi connectivity index (χ1n) is 18.8. The lowest BCUT2D eigenvalue weighted by Gasteiger charge is -2.71. The molecule has 278 valence electrons. The van der Waals surface area contributed by atoms with Gasteiger partial charge >= 0.3 is 5.97 Å². The molecule has 49 heavy (non-hydrogen) atoms. The van der Waals surface area contributed by atoms with Crippen molar-refractivity contribution in [3.63, 3.8) is 0 Å². The van der Waals surface area contributed by atoms with E-state index in [1.807, 2.05) is 0 Å². The molecule has 0 radical (unpaired) electrons. The molecule has 10 nitrogen and oxygen atoms in total. The highest BCUT2D eigenvalue weighted by atomic mass is 16.7. The molecule has 0 aromatic carbocycles. The minimum absolute atomic E-state index is 0.00886. The summed E-state index contributed by atoms with van der Waals surface area (Å²) < 4.78 is 16.3. The number of aliphatic hydroxyl groups is 5. The van der Waals surface area contributed by atoms with Crippen molar-refractivity contribution in [2.75, 3.05) is 13.2 Å². The minimum atomic E-state index is -1.63. The molecule has 0 spiro atoms. The molecule has 10 heteroatoms. The van der Waals surface area contributed by atoms with E-state index in [2.05, 4.69) is 54.5 Å². The summed E-state index contributed by atoms with van der Waals surface area (Å²) in [6, 6.07) is 0. The highest BCUT2D eigenvalue weighted by Gasteiger charge is 2.70. The summed E-state index contributed by atoms with van der Waals surface area (Å²) in [4.78, 5) is 24.9. The lowest BCUT2D eigenvalue weighted by Crippen LogP contribution is -2.67. The molecule has 1 aliphatic heterocycles. The maximum Gasteiger partial charge on any atom is 0.312 e. The van der Waals surface area contributed by atoms with E-state index in [9.17, 15) is 35.1 Å². The third kappa shape index (κ3) is 5.39. The van der Waals surface area contributed by atoms with Gasteiger partial charge in [-0.3, -0.25) is 9.59 Å². The predicted octanol–water partition coefficient (Wildman–Crippen LogP) is 4.28. The first-order valence-corrected chi connectivity index (χ1v) is 18.8. The van der Waals surface area contributed by atoms with Crippen molar-refractivity contribution in [1.29, 1.82) is 0 Å². The predicted molar refractivity (Wildman–Crippen MR) is 180 cm³/mol. The van der Waals surface area contributed by atoms with E-state index >= 15 is 0 Å². The Hall–Kier alpha value is -1.56. The Morgan fingerprint density at radius 2 is 1.63 bits per heavy atom. The van der Waals surface area contributed by atoms with Crippen LogP contribution in [0.2, 0.25) is 0 Å². The third-order valence-corrected chi connectivity index (χ3v) is 16.0. The lowest BCUT2D eigenvalue weighted by atomic mass is 9.33. The maximum absolute atomic E-state index is 13.8. The fourth-order valence-corrected chi connectivity index (χ4v) is 13.1. The second-order valence-corrected chi connectivity index (χ2v) is 18.9. The van der Waals surface area contributed by atoms with Crippen LogP contribution in [0.15, 0.2) is 11.6 Å². The first-order chi connectivity index (χ1) is 22.8. The van der Waals surface area contributed by atoms with Crippen LogP contribution in [0.1, 0.15) is 113 Å². The fraction of sp³-hybridized carbons (Fsp3) is 0.897. The standard InChI is InChI=1S/C39H62O10/c1-34(2)14-16-39(33(46)47-19-18-40)17-15-37(6)22(24(39)20-34)8-9-26-36(5)12-10-23(35(3,4)25(36)11-13-38(26,37)7)27(42)31-29(44)28(43)30(45)32(49-31)48-21-41/h8,21,23-32,40,42-45H,9-20H2,1-7H3/t23-,24?,25?,26?,27+,28-,29?,30+,31+,32?,36+,37-,38-,39+/m1/s1. The zero-order valence-corrected chi connectivity index (χ0v) is 30.7. The summed E-state index contributed by atoms with van der Waals surface area (Å²) in [5.74, 6) is 0.394. The normalized spacial score (nSPS) is 49.1. The van der Waals surface area contributed by atoms with Crippen LogP contribution in [-0.2, 0) is 23.8 Å². The molecule has 5 fully saturated rings. The minimum Gasteiger partial charge on any atom is -0.463 e. The summed E-state index contributed by atoms with van der Waals surface area (Å²) in [7, 11) is 0. The molecule has 5 unspecified atom stereocenters. The van der Waals surface area contributed by atoms with Crippen LogP contribution in [0.25, 0.3) is 0 Å². The number of ether oxygens (including phenoxy) is 3. The highest BCUT2D eigenvalue weighted by Crippen LogP contribution is 2.76. The van der Waals surface area contributed by atoms with E-state index in [-0.39, 0.29) is 70.5 Å². The van der Waals surface area contributed by atoms with Gasteiger partial charge in [0.15, 0.2) is 0 Å². The zero-order valence-electron chi connectivity index (χ0n) is 30.7. The van der Waals surface area contributed by atoms with E-state index in [4.69, 9.17) is 14.2 Å². The van der Waals surface area contributed by atoms with Gasteiger partial charge in [0, 0.05) is 0 Å². The Bertz CT molecular complexity index is 1310. The molecule has 0 bridgehead atoms. The fourth-order valence-electron chi connectivity index (χ4n) is 13.1. The second kappa shape index (κ2) is 12.5. The maximum atomic E-state index is 13.8. The molecule has 0 amide bonds. The van der Waals surface area contributed by atoms with Crippen LogP contribution in [0.4, 0.5) is 0 Å². The Morgan fingerprint density at radius 3 is 2.31 bits per heavy atom. The van der Waals surface area contributed by atoms with Crippen LogP contribution >= 0.6 is 0 Å². The Labute approximate surface area is 292 Å². The molecule has 6 aliphatic rings. The average molecular weight is 691 g/mol. The van der Waals surface area contributed by atoms with Crippen LogP contribution < -0.4 is 0 Å². The summed E-state index contributed by atoms with van der Waals surface area (Å²) >= 11 is 0. The van der Waals surface area contributed by atoms with Gasteiger partial charge < -0.3 is 39.7 Å². The molecule has 5 aliphatic carbocycles. The number of aliphatic hydroxyl groups excluding tert-OH is 5. The van der Waals surface area contributed by atoms with Gasteiger partial charge in [-0.15, -0.1) is 0 Å². The van der Waals surface area contributed by atoms with Gasteiger partial charge in [-0.05, 0) is 115 Å². The molecular formula is C39H62O10. The summed E-state index contributed by atoms with van der Waals surface area (Å²) in [6.45, 7) is 16.5. The van der Waals surface area contributed by atoms with Gasteiger partial charge in [0.25, 0.3) is 6.47 Å². The van der Waals surface area contributed by atoms with Crippen molar-refractivity contribution in [3.05, 3.63) is 11.6 Å². The number of hydrogen-bond donors (Lipinski definition) is 5. The van der Waals surface area contributed by atoms with Crippen molar-refractivity contribution in [1.82, 2.24) is 0 Å². The average Bonchev–Trinajstić information content (AvgIpc) is 3.03. The van der Waals surface area contributed by atoms with Gasteiger partial charge in [0.1, 0.15) is 31.0 Å². The van der Waals surface area contributed by atoms with E-state index in [0.29, 0.717) is 12.3 Å². The quantitative estimate of drug-likeness (QED) is 0.148. The Kier molecular flexibility index (Phi) is 9.52. The van der Waals surface area contributed by atoms with Gasteiger partial charge in [0.05, 0.1) is 18.1 Å². The summed E-state index contributed by atoms with van der Waals surface area (Å²) in [6.07, 6.45) is 2.88. The number of fused-ring (bicyclic) bond motifs is 7. The monoisotopic (exact) mass is 690 g/mol. The number of allylic oxidation sites excluding steroid dienone is 2. The topological polar surface area (TPSA) is 163 Å². The smallest absolute Gasteiger partial charge is 0.312 e. The molecule has 14 atom stereocenters. The molecule has 0 aromatic heterocycles. The third-order valence-electron chi connectivity index (χ3n) is 16.0. The number of esters is 1. The second-order valence-electron chi connectivity index (χ2n) is 18.9. The van der Waals surface area contributed by atoms with Crippen molar-refractivity contribution < 1.29 is 49.3 Å². The van der Waals surface area contributed by atoms with E-state index in [1.54, 1.807) is 0 Å². The zero-order chi connectivity index (χ0) is 35.9. The summed E-state index contributed by atoms with van der Waals surface area (Å²) in [5, 5.41) is 53.1. The van der Waals surface area contributed by atoms with Gasteiger partial charge in [-0.25, -0.2) is 0 Å². The number of hydrogen-bond acceptors (Lipinski definition) is 10. The molecule has 4 saturated carbocycles. The van der Waals surface area contributed by atoms with Crippen LogP contribution in [0.5, 0.6) is 0 Å². The van der Waals surface area contributed by atoms with Gasteiger partial charge in [-0.2, -0.15) is 0 Å². The molecule has 1 heterocycles.